The summed E-state index contributed by atoms with van der Waals surface area (Å²) >= 11 is 1.45. The maximum Gasteiger partial charge on any atom is 0.254 e. The van der Waals surface area contributed by atoms with E-state index in [-0.39, 0.29) is 11.9 Å². The third-order valence-corrected chi connectivity index (χ3v) is 6.64. The number of carbonyl (C=O) groups excluding carboxylic acids is 1. The predicted octanol–water partition coefficient (Wildman–Crippen LogP) is 4.08. The molecule has 33 heavy (non-hydrogen) atoms. The number of hydrogen-bond acceptors (Lipinski definition) is 8. The molecule has 1 aromatic carbocycles. The van der Waals surface area contributed by atoms with E-state index in [1.807, 2.05) is 24.1 Å². The van der Waals surface area contributed by atoms with E-state index >= 15 is 0 Å². The monoisotopic (exact) mass is 459 g/mol. The van der Waals surface area contributed by atoms with Crippen LogP contribution >= 0.6 is 11.3 Å². The molecule has 9 heteroatoms. The number of nitrogens with zero attached hydrogens (tertiary/aromatic N) is 5. The first-order valence-corrected chi connectivity index (χ1v) is 11.6. The summed E-state index contributed by atoms with van der Waals surface area (Å²) in [5, 5.41) is 3.90. The lowest BCUT2D eigenvalue weighted by molar-refractivity contribution is 0.0791. The predicted molar refractivity (Wildman–Crippen MR) is 133 cm³/mol. The molecule has 0 radical (unpaired) electrons. The molecule has 0 aliphatic carbocycles. The van der Waals surface area contributed by atoms with Gasteiger partial charge in [0, 0.05) is 43.6 Å². The zero-order valence-corrected chi connectivity index (χ0v) is 19.3. The van der Waals surface area contributed by atoms with Gasteiger partial charge in [0.05, 0.1) is 0 Å². The number of nitrogens with two attached hydrogens (primary N) is 1. The molecule has 1 aliphatic rings. The van der Waals surface area contributed by atoms with Crippen LogP contribution in [0.1, 0.15) is 22.3 Å². The molecule has 4 heterocycles. The number of aromatic nitrogens is 3. The number of carbonyl (C=O) groups is 1. The Labute approximate surface area is 196 Å². The van der Waals surface area contributed by atoms with Crippen molar-refractivity contribution in [2.45, 2.75) is 19.4 Å². The largest absolute Gasteiger partial charge is 0.337 e. The van der Waals surface area contributed by atoms with Gasteiger partial charge in [-0.2, -0.15) is 0 Å². The van der Waals surface area contributed by atoms with E-state index in [1.54, 1.807) is 23.2 Å². The van der Waals surface area contributed by atoms with Crippen molar-refractivity contribution in [3.63, 3.8) is 0 Å². The van der Waals surface area contributed by atoms with E-state index in [0.29, 0.717) is 29.6 Å². The highest BCUT2D eigenvalue weighted by atomic mass is 32.1. The molecule has 168 valence electrons. The number of rotatable bonds is 5. The summed E-state index contributed by atoms with van der Waals surface area (Å²) in [6.07, 6.45) is 2.47. The fourth-order valence-electron chi connectivity index (χ4n) is 3.84. The molecule has 0 saturated carbocycles. The smallest absolute Gasteiger partial charge is 0.254 e. The number of anilines is 4. The molecule has 5 rings (SSSR count). The number of aryl methyl sites for hydroxylation is 1. The van der Waals surface area contributed by atoms with E-state index < -0.39 is 0 Å². The van der Waals surface area contributed by atoms with Crippen molar-refractivity contribution < 1.29 is 4.79 Å². The quantitative estimate of drug-likeness (QED) is 0.464. The summed E-state index contributed by atoms with van der Waals surface area (Å²) in [6.45, 7) is 3.35. The highest BCUT2D eigenvalue weighted by Crippen LogP contribution is 2.30. The Morgan fingerprint density at radius 1 is 1.18 bits per heavy atom. The van der Waals surface area contributed by atoms with Gasteiger partial charge in [0.1, 0.15) is 22.0 Å². The number of nitrogens with one attached hydrogen (secondary N) is 1. The molecule has 0 bridgehead atoms. The highest BCUT2D eigenvalue weighted by molar-refractivity contribution is 7.21. The summed E-state index contributed by atoms with van der Waals surface area (Å²) in [5.74, 6) is 1.39. The zero-order chi connectivity index (χ0) is 22.9. The summed E-state index contributed by atoms with van der Waals surface area (Å²) in [7, 11) is 2.00. The minimum Gasteiger partial charge on any atom is -0.337 e. The van der Waals surface area contributed by atoms with Gasteiger partial charge in [-0.1, -0.05) is 29.0 Å². The fraction of sp³-hybridized carbons (Fsp3) is 0.250. The number of pyridine rings is 2. The number of fused-ring (bicyclic) bond motifs is 1. The van der Waals surface area contributed by atoms with Gasteiger partial charge in [-0.3, -0.25) is 4.79 Å². The Bertz CT molecular complexity index is 1300. The van der Waals surface area contributed by atoms with Crippen LogP contribution in [0.2, 0.25) is 0 Å². The molecule has 3 N–H and O–H groups in total. The molecule has 0 spiro atoms. The summed E-state index contributed by atoms with van der Waals surface area (Å²) in [4.78, 5) is 31.2. The standard InChI is InChI=1S/C24H25N7OS/c1-15-3-5-18(6-4-15)30(2)21-8-7-19-22(29-21)33-24(27-19)28-20-13-16(9-11-26-20)23(32)31-12-10-17(25)14-31/h3-9,11,13,17H,10,12,14,25H2,1-2H3,(H,26,27,28)/t17-/m0/s1. The Hall–Kier alpha value is -3.56. The van der Waals surface area contributed by atoms with Gasteiger partial charge in [0.25, 0.3) is 5.91 Å². The van der Waals surface area contributed by atoms with Gasteiger partial charge in [-0.15, -0.1) is 0 Å². The van der Waals surface area contributed by atoms with Gasteiger partial charge < -0.3 is 20.9 Å². The number of hydrogen-bond donors (Lipinski definition) is 2. The zero-order valence-electron chi connectivity index (χ0n) is 18.5. The molecule has 1 atom stereocenters. The Balaban J connectivity index is 1.34. The van der Waals surface area contributed by atoms with Gasteiger partial charge in [0.15, 0.2) is 5.13 Å². The van der Waals surface area contributed by atoms with Gasteiger partial charge in [0.2, 0.25) is 0 Å². The van der Waals surface area contributed by atoms with E-state index in [1.165, 1.54) is 16.9 Å². The first-order chi connectivity index (χ1) is 16.0. The molecule has 8 nitrogen and oxygen atoms in total. The number of benzene rings is 1. The second-order valence-electron chi connectivity index (χ2n) is 8.26. The molecule has 3 aromatic heterocycles. The number of amides is 1. The molecular weight excluding hydrogens is 434 g/mol. The van der Waals surface area contributed by atoms with E-state index in [2.05, 4.69) is 46.5 Å². The topological polar surface area (TPSA) is 100 Å². The van der Waals surface area contributed by atoms with E-state index in [0.717, 1.165) is 28.3 Å². The minimum absolute atomic E-state index is 0.0249. The molecule has 4 aromatic rings. The lowest BCUT2D eigenvalue weighted by Gasteiger charge is -2.18. The lowest BCUT2D eigenvalue weighted by atomic mass is 10.2. The molecule has 1 amide bonds. The number of thiazole rings is 1. The van der Waals surface area contributed by atoms with Gasteiger partial charge >= 0.3 is 0 Å². The maximum atomic E-state index is 12.8. The summed E-state index contributed by atoms with van der Waals surface area (Å²) in [5.41, 5.74) is 9.63. The van der Waals surface area contributed by atoms with Crippen LogP contribution in [-0.4, -0.2) is 51.9 Å². The Kier molecular flexibility index (Phi) is 5.65. The highest BCUT2D eigenvalue weighted by Gasteiger charge is 2.24. The van der Waals surface area contributed by atoms with Crippen LogP contribution in [0.15, 0.2) is 54.7 Å². The van der Waals surface area contributed by atoms with Crippen LogP contribution in [0.3, 0.4) is 0 Å². The van der Waals surface area contributed by atoms with E-state index in [9.17, 15) is 4.79 Å². The fourth-order valence-corrected chi connectivity index (χ4v) is 4.68. The van der Waals surface area contributed by atoms with Crippen molar-refractivity contribution in [3.05, 3.63) is 65.9 Å². The van der Waals surface area contributed by atoms with Crippen LogP contribution in [0.5, 0.6) is 0 Å². The average molecular weight is 460 g/mol. The first-order valence-electron chi connectivity index (χ1n) is 10.8. The third kappa shape index (κ3) is 4.50. The van der Waals surface area contributed by atoms with Crippen molar-refractivity contribution >= 4 is 50.0 Å². The van der Waals surface area contributed by atoms with Gasteiger partial charge in [-0.25, -0.2) is 15.0 Å². The van der Waals surface area contributed by atoms with Gasteiger partial charge in [-0.05, 0) is 49.7 Å². The second kappa shape index (κ2) is 8.76. The Morgan fingerprint density at radius 3 is 2.76 bits per heavy atom. The van der Waals surface area contributed by atoms with Crippen LogP contribution in [-0.2, 0) is 0 Å². The van der Waals surface area contributed by atoms with Crippen molar-refractivity contribution in [2.75, 3.05) is 30.4 Å². The summed E-state index contributed by atoms with van der Waals surface area (Å²) < 4.78 is 0. The molecule has 0 unspecified atom stereocenters. The third-order valence-electron chi connectivity index (χ3n) is 5.76. The van der Waals surface area contributed by atoms with E-state index in [4.69, 9.17) is 10.7 Å². The van der Waals surface area contributed by atoms with Crippen molar-refractivity contribution in [1.82, 2.24) is 19.9 Å². The van der Waals surface area contributed by atoms with Crippen LogP contribution in [0.25, 0.3) is 10.3 Å². The second-order valence-corrected chi connectivity index (χ2v) is 9.24. The summed E-state index contributed by atoms with van der Waals surface area (Å²) in [6, 6.07) is 15.8. The molecular formula is C24H25N7OS. The van der Waals surface area contributed by atoms with Crippen molar-refractivity contribution in [1.29, 1.82) is 0 Å². The maximum absolute atomic E-state index is 12.8. The van der Waals surface area contributed by atoms with Crippen molar-refractivity contribution in [3.8, 4) is 0 Å². The number of likely N-dealkylation sites (tertiary alicyclic amines) is 1. The lowest BCUT2D eigenvalue weighted by Crippen LogP contribution is -2.31. The van der Waals surface area contributed by atoms with Crippen molar-refractivity contribution in [2.24, 2.45) is 5.73 Å². The Morgan fingerprint density at radius 2 is 2.00 bits per heavy atom. The molecule has 1 aliphatic heterocycles. The minimum atomic E-state index is -0.0249. The molecule has 1 saturated heterocycles. The van der Waals surface area contributed by atoms with Crippen LogP contribution < -0.4 is 16.0 Å². The average Bonchev–Trinajstić information content (AvgIpc) is 3.43. The van der Waals surface area contributed by atoms with Crippen LogP contribution in [0, 0.1) is 6.92 Å². The normalized spacial score (nSPS) is 15.7. The van der Waals surface area contributed by atoms with Crippen LogP contribution in [0.4, 0.5) is 22.5 Å². The SMILES string of the molecule is Cc1ccc(N(C)c2ccc3nc(Nc4cc(C(=O)N5CC[C@H](N)C5)ccn4)sc3n2)cc1. The first kappa shape index (κ1) is 21.3. The molecule has 1 fully saturated rings.